The summed E-state index contributed by atoms with van der Waals surface area (Å²) in [6.07, 6.45) is 0. The first-order valence-corrected chi connectivity index (χ1v) is 6.47. The monoisotopic (exact) mass is 258 g/mol. The Morgan fingerprint density at radius 2 is 2.16 bits per heavy atom. The topological polar surface area (TPSA) is 65.1 Å². The molecule has 0 unspecified atom stereocenters. The summed E-state index contributed by atoms with van der Waals surface area (Å²) in [6.45, 7) is 3.19. The fraction of sp³-hybridized carbons (Fsp3) is 0.357. The molecule has 2 heterocycles. The van der Waals surface area contributed by atoms with Crippen LogP contribution in [0.2, 0.25) is 0 Å². The van der Waals surface area contributed by atoms with E-state index >= 15 is 0 Å². The van der Waals surface area contributed by atoms with Crippen LogP contribution in [0.1, 0.15) is 11.3 Å². The number of methoxy groups -OCH3 is 1. The zero-order valence-corrected chi connectivity index (χ0v) is 11.0. The number of nitrogens with zero attached hydrogens (tertiary/aromatic N) is 2. The summed E-state index contributed by atoms with van der Waals surface area (Å²) >= 11 is 0. The minimum Gasteiger partial charge on any atom is -0.492 e. The highest BCUT2D eigenvalue weighted by atomic mass is 16.5. The van der Waals surface area contributed by atoms with Crippen LogP contribution in [0, 0.1) is 0 Å². The van der Waals surface area contributed by atoms with E-state index < -0.39 is 0 Å². The molecule has 0 aliphatic carbocycles. The normalized spacial score (nSPS) is 14.2. The van der Waals surface area contributed by atoms with Crippen LogP contribution in [0.25, 0.3) is 11.3 Å². The number of aromatic nitrogens is 2. The third-order valence-electron chi connectivity index (χ3n) is 3.47. The molecule has 0 saturated carbocycles. The average molecular weight is 258 g/mol. The van der Waals surface area contributed by atoms with Gasteiger partial charge in [-0.05, 0) is 5.56 Å². The van der Waals surface area contributed by atoms with E-state index in [2.05, 4.69) is 10.4 Å². The van der Waals surface area contributed by atoms with Gasteiger partial charge in [0.05, 0.1) is 19.3 Å². The van der Waals surface area contributed by atoms with Crippen LogP contribution < -0.4 is 15.8 Å². The van der Waals surface area contributed by atoms with Crippen LogP contribution in [0.3, 0.4) is 0 Å². The lowest BCUT2D eigenvalue weighted by atomic mass is 10.1. The van der Waals surface area contributed by atoms with Crippen molar-refractivity contribution in [1.82, 2.24) is 15.1 Å². The van der Waals surface area contributed by atoms with E-state index in [4.69, 9.17) is 10.5 Å². The van der Waals surface area contributed by atoms with Crippen LogP contribution in [0.15, 0.2) is 24.3 Å². The fourth-order valence-electron chi connectivity index (χ4n) is 2.43. The van der Waals surface area contributed by atoms with Crippen molar-refractivity contribution in [2.45, 2.75) is 19.6 Å². The minimum absolute atomic E-state index is 0.557. The van der Waals surface area contributed by atoms with Crippen molar-refractivity contribution in [3.8, 4) is 17.0 Å². The van der Waals surface area contributed by atoms with Crippen molar-refractivity contribution >= 4 is 0 Å². The second-order valence-electron chi connectivity index (χ2n) is 4.63. The van der Waals surface area contributed by atoms with E-state index in [0.717, 1.165) is 47.9 Å². The highest BCUT2D eigenvalue weighted by Gasteiger charge is 2.21. The SMILES string of the molecule is COc1c(-c2ccc(CN)cc2)nn2c1CNCC2. The van der Waals surface area contributed by atoms with E-state index in [1.165, 1.54) is 0 Å². The van der Waals surface area contributed by atoms with Gasteiger partial charge >= 0.3 is 0 Å². The number of nitrogens with two attached hydrogens (primary N) is 1. The van der Waals surface area contributed by atoms with Crippen LogP contribution in [-0.2, 0) is 19.6 Å². The third-order valence-corrected chi connectivity index (χ3v) is 3.47. The Labute approximate surface area is 112 Å². The maximum absolute atomic E-state index is 5.62. The molecule has 1 aromatic carbocycles. The standard InChI is InChI=1S/C14H18N4O/c1-19-14-12-9-16-6-7-18(12)17-13(14)11-4-2-10(8-15)3-5-11/h2-5,16H,6-9,15H2,1H3. The van der Waals surface area contributed by atoms with Crippen molar-refractivity contribution in [2.75, 3.05) is 13.7 Å². The molecule has 0 amide bonds. The maximum Gasteiger partial charge on any atom is 0.169 e. The lowest BCUT2D eigenvalue weighted by Crippen LogP contribution is -2.28. The molecule has 1 aromatic heterocycles. The maximum atomic E-state index is 5.62. The highest BCUT2D eigenvalue weighted by Crippen LogP contribution is 2.33. The van der Waals surface area contributed by atoms with Gasteiger partial charge < -0.3 is 15.8 Å². The van der Waals surface area contributed by atoms with Crippen LogP contribution in [-0.4, -0.2) is 23.4 Å². The summed E-state index contributed by atoms with van der Waals surface area (Å²) in [6, 6.07) is 8.16. The van der Waals surface area contributed by atoms with Gasteiger partial charge in [-0.25, -0.2) is 0 Å². The van der Waals surface area contributed by atoms with Gasteiger partial charge in [0.1, 0.15) is 5.69 Å². The second kappa shape index (κ2) is 5.03. The number of hydrogen-bond donors (Lipinski definition) is 2. The third kappa shape index (κ3) is 2.11. The first-order chi connectivity index (χ1) is 9.33. The molecule has 3 N–H and O–H groups in total. The van der Waals surface area contributed by atoms with Gasteiger partial charge in [0, 0.05) is 25.2 Å². The van der Waals surface area contributed by atoms with Crippen LogP contribution in [0.5, 0.6) is 5.75 Å². The average Bonchev–Trinajstić information content (AvgIpc) is 2.85. The number of hydrogen-bond acceptors (Lipinski definition) is 4. The lowest BCUT2D eigenvalue weighted by molar-refractivity contribution is 0.396. The number of fused-ring (bicyclic) bond motifs is 1. The highest BCUT2D eigenvalue weighted by molar-refractivity contribution is 5.68. The van der Waals surface area contributed by atoms with Crippen LogP contribution >= 0.6 is 0 Å². The Morgan fingerprint density at radius 1 is 1.37 bits per heavy atom. The molecule has 1 aliphatic rings. The molecule has 0 bridgehead atoms. The summed E-state index contributed by atoms with van der Waals surface area (Å²) in [5.74, 6) is 0.868. The number of nitrogens with one attached hydrogen (secondary N) is 1. The number of rotatable bonds is 3. The Kier molecular flexibility index (Phi) is 3.23. The van der Waals surface area contributed by atoms with Crippen molar-refractivity contribution in [1.29, 1.82) is 0 Å². The molecular weight excluding hydrogens is 240 g/mol. The molecule has 2 aromatic rings. The Bertz CT molecular complexity index is 574. The Morgan fingerprint density at radius 3 is 2.84 bits per heavy atom. The van der Waals surface area contributed by atoms with Gasteiger partial charge in [-0.1, -0.05) is 24.3 Å². The second-order valence-corrected chi connectivity index (χ2v) is 4.63. The van der Waals surface area contributed by atoms with Crippen molar-refractivity contribution < 1.29 is 4.74 Å². The van der Waals surface area contributed by atoms with Crippen molar-refractivity contribution in [3.05, 3.63) is 35.5 Å². The van der Waals surface area contributed by atoms with Gasteiger partial charge in [0.25, 0.3) is 0 Å². The molecule has 0 spiro atoms. The van der Waals surface area contributed by atoms with E-state index in [-0.39, 0.29) is 0 Å². The molecule has 0 saturated heterocycles. The van der Waals surface area contributed by atoms with Gasteiger partial charge in [-0.2, -0.15) is 5.10 Å². The molecule has 0 fully saturated rings. The number of benzene rings is 1. The van der Waals surface area contributed by atoms with E-state index in [1.807, 2.05) is 28.9 Å². The molecule has 5 nitrogen and oxygen atoms in total. The zero-order chi connectivity index (χ0) is 13.2. The van der Waals surface area contributed by atoms with Crippen LogP contribution in [0.4, 0.5) is 0 Å². The summed E-state index contributed by atoms with van der Waals surface area (Å²) in [5, 5.41) is 8.01. The van der Waals surface area contributed by atoms with E-state index in [9.17, 15) is 0 Å². The molecule has 3 rings (SSSR count). The fourth-order valence-corrected chi connectivity index (χ4v) is 2.43. The molecular formula is C14H18N4O. The Balaban J connectivity index is 2.05. The predicted octanol–water partition coefficient (Wildman–Crippen LogP) is 1.12. The zero-order valence-electron chi connectivity index (χ0n) is 11.0. The first-order valence-electron chi connectivity index (χ1n) is 6.47. The lowest BCUT2D eigenvalue weighted by Gasteiger charge is -2.15. The van der Waals surface area contributed by atoms with Gasteiger partial charge in [0.2, 0.25) is 0 Å². The predicted molar refractivity (Wildman–Crippen MR) is 73.8 cm³/mol. The number of ether oxygens (including phenoxy) is 1. The molecule has 5 heteroatoms. The van der Waals surface area contributed by atoms with Gasteiger partial charge in [-0.3, -0.25) is 4.68 Å². The largest absolute Gasteiger partial charge is 0.492 e. The first kappa shape index (κ1) is 12.2. The van der Waals surface area contributed by atoms with E-state index in [0.29, 0.717) is 6.54 Å². The van der Waals surface area contributed by atoms with E-state index in [1.54, 1.807) is 7.11 Å². The van der Waals surface area contributed by atoms with Crippen molar-refractivity contribution in [2.24, 2.45) is 5.73 Å². The quantitative estimate of drug-likeness (QED) is 0.866. The summed E-state index contributed by atoms with van der Waals surface area (Å²) in [7, 11) is 1.70. The van der Waals surface area contributed by atoms with Gasteiger partial charge in [0.15, 0.2) is 5.75 Å². The summed E-state index contributed by atoms with van der Waals surface area (Å²) in [5.41, 5.74) is 9.83. The van der Waals surface area contributed by atoms with Crippen molar-refractivity contribution in [3.63, 3.8) is 0 Å². The smallest absolute Gasteiger partial charge is 0.169 e. The minimum atomic E-state index is 0.557. The van der Waals surface area contributed by atoms with Gasteiger partial charge in [-0.15, -0.1) is 0 Å². The molecule has 0 atom stereocenters. The summed E-state index contributed by atoms with van der Waals surface area (Å²) in [4.78, 5) is 0. The molecule has 0 radical (unpaired) electrons. The Hall–Kier alpha value is -1.85. The molecule has 1 aliphatic heterocycles. The molecule has 19 heavy (non-hydrogen) atoms. The molecule has 100 valence electrons. The summed E-state index contributed by atoms with van der Waals surface area (Å²) < 4.78 is 7.58.